The van der Waals surface area contributed by atoms with Gasteiger partial charge in [-0.2, -0.15) is 11.8 Å². The Balaban J connectivity index is 2.39. The number of amidine groups is 1. The standard InChI is InChI=1S/C7H14N2S2/c1-9(2)7(8)6-5-10-3-4-11-6/h6,8H,3-5H2,1-2H3. The minimum Gasteiger partial charge on any atom is -0.366 e. The quantitative estimate of drug-likeness (QED) is 0.500. The number of hydrogen-bond donors (Lipinski definition) is 1. The fraction of sp³-hybridized carbons (Fsp3) is 0.857. The smallest absolute Gasteiger partial charge is 0.109 e. The minimum absolute atomic E-state index is 0.434. The van der Waals surface area contributed by atoms with Gasteiger partial charge in [-0.25, -0.2) is 0 Å². The second-order valence-corrected chi connectivity index (χ2v) is 5.17. The molecule has 0 radical (unpaired) electrons. The van der Waals surface area contributed by atoms with Gasteiger partial charge in [0.25, 0.3) is 0 Å². The summed E-state index contributed by atoms with van der Waals surface area (Å²) in [6.45, 7) is 0. The molecule has 4 heteroatoms. The molecule has 1 heterocycles. The van der Waals surface area contributed by atoms with Crippen molar-refractivity contribution in [1.29, 1.82) is 5.41 Å². The van der Waals surface area contributed by atoms with E-state index in [4.69, 9.17) is 5.41 Å². The maximum atomic E-state index is 7.73. The van der Waals surface area contributed by atoms with Gasteiger partial charge < -0.3 is 4.90 Å². The number of nitrogens with one attached hydrogen (secondary N) is 1. The molecule has 0 amide bonds. The van der Waals surface area contributed by atoms with Crippen LogP contribution in [-0.2, 0) is 0 Å². The third kappa shape index (κ3) is 2.60. The summed E-state index contributed by atoms with van der Waals surface area (Å²) in [5.41, 5.74) is 0. The predicted octanol–water partition coefficient (Wildman–Crippen LogP) is 1.37. The second kappa shape index (κ2) is 4.26. The van der Waals surface area contributed by atoms with Gasteiger partial charge in [0.2, 0.25) is 0 Å². The molecule has 64 valence electrons. The summed E-state index contributed by atoms with van der Waals surface area (Å²) in [6, 6.07) is 0. The molecule has 1 fully saturated rings. The van der Waals surface area contributed by atoms with Gasteiger partial charge in [0.15, 0.2) is 0 Å². The van der Waals surface area contributed by atoms with Gasteiger partial charge in [0, 0.05) is 31.4 Å². The van der Waals surface area contributed by atoms with Crippen LogP contribution in [0.2, 0.25) is 0 Å². The first kappa shape index (κ1) is 9.26. The van der Waals surface area contributed by atoms with Gasteiger partial charge in [-0.1, -0.05) is 0 Å². The van der Waals surface area contributed by atoms with Gasteiger partial charge in [-0.3, -0.25) is 5.41 Å². The summed E-state index contributed by atoms with van der Waals surface area (Å²) >= 11 is 3.87. The third-order valence-corrected chi connectivity index (χ3v) is 4.37. The van der Waals surface area contributed by atoms with Gasteiger partial charge in [-0.15, -0.1) is 11.8 Å². The molecule has 0 bridgehead atoms. The summed E-state index contributed by atoms with van der Waals surface area (Å²) in [4.78, 5) is 1.91. The largest absolute Gasteiger partial charge is 0.366 e. The average Bonchev–Trinajstić information content (AvgIpc) is 2.05. The highest BCUT2D eigenvalue weighted by molar-refractivity contribution is 8.07. The maximum Gasteiger partial charge on any atom is 0.109 e. The van der Waals surface area contributed by atoms with Crippen LogP contribution in [-0.4, -0.2) is 47.3 Å². The van der Waals surface area contributed by atoms with E-state index in [1.165, 1.54) is 11.5 Å². The summed E-state index contributed by atoms with van der Waals surface area (Å²) in [5, 5.41) is 8.16. The highest BCUT2D eigenvalue weighted by atomic mass is 32.2. The monoisotopic (exact) mass is 190 g/mol. The van der Waals surface area contributed by atoms with Crippen molar-refractivity contribution in [2.24, 2.45) is 0 Å². The fourth-order valence-electron chi connectivity index (χ4n) is 0.934. The van der Waals surface area contributed by atoms with E-state index in [0.717, 1.165) is 11.6 Å². The van der Waals surface area contributed by atoms with Crippen molar-refractivity contribution in [1.82, 2.24) is 4.90 Å². The van der Waals surface area contributed by atoms with Crippen LogP contribution in [0.1, 0.15) is 0 Å². The molecular formula is C7H14N2S2. The summed E-state index contributed by atoms with van der Waals surface area (Å²) in [5.74, 6) is 4.33. The van der Waals surface area contributed by atoms with E-state index in [9.17, 15) is 0 Å². The molecule has 2 nitrogen and oxygen atoms in total. The molecule has 1 unspecified atom stereocenters. The zero-order valence-corrected chi connectivity index (χ0v) is 8.60. The van der Waals surface area contributed by atoms with Crippen molar-refractivity contribution in [2.75, 3.05) is 31.4 Å². The van der Waals surface area contributed by atoms with E-state index < -0.39 is 0 Å². The lowest BCUT2D eigenvalue weighted by atomic mass is 10.4. The first-order valence-electron chi connectivity index (χ1n) is 3.67. The summed E-state index contributed by atoms with van der Waals surface area (Å²) in [6.07, 6.45) is 0. The van der Waals surface area contributed by atoms with Crippen LogP contribution in [0.3, 0.4) is 0 Å². The van der Waals surface area contributed by atoms with Crippen LogP contribution in [0.25, 0.3) is 0 Å². The molecule has 0 aromatic rings. The van der Waals surface area contributed by atoms with E-state index >= 15 is 0 Å². The first-order valence-corrected chi connectivity index (χ1v) is 5.87. The second-order valence-electron chi connectivity index (χ2n) is 2.71. The van der Waals surface area contributed by atoms with Crippen molar-refractivity contribution >= 4 is 29.4 Å². The minimum atomic E-state index is 0.434. The lowest BCUT2D eigenvalue weighted by molar-refractivity contribution is 0.605. The van der Waals surface area contributed by atoms with E-state index in [2.05, 4.69) is 0 Å². The topological polar surface area (TPSA) is 27.1 Å². The lowest BCUT2D eigenvalue weighted by Gasteiger charge is -2.25. The molecule has 1 rings (SSSR count). The Labute approximate surface area is 76.6 Å². The zero-order chi connectivity index (χ0) is 8.27. The van der Waals surface area contributed by atoms with E-state index in [1.807, 2.05) is 42.5 Å². The maximum absolute atomic E-state index is 7.73. The van der Waals surface area contributed by atoms with Crippen LogP contribution in [0.5, 0.6) is 0 Å². The van der Waals surface area contributed by atoms with Crippen molar-refractivity contribution in [3.63, 3.8) is 0 Å². The molecule has 0 spiro atoms. The van der Waals surface area contributed by atoms with Crippen molar-refractivity contribution in [3.8, 4) is 0 Å². The van der Waals surface area contributed by atoms with Gasteiger partial charge in [0.05, 0.1) is 5.25 Å². The van der Waals surface area contributed by atoms with Crippen molar-refractivity contribution in [2.45, 2.75) is 5.25 Å². The molecule has 0 aromatic carbocycles. The molecule has 1 N–H and O–H groups in total. The van der Waals surface area contributed by atoms with Crippen molar-refractivity contribution in [3.05, 3.63) is 0 Å². The molecule has 1 atom stereocenters. The number of nitrogens with zero attached hydrogens (tertiary/aromatic N) is 1. The lowest BCUT2D eigenvalue weighted by Crippen LogP contribution is -2.34. The molecule has 1 aliphatic rings. The molecule has 0 aliphatic carbocycles. The van der Waals surface area contributed by atoms with Crippen LogP contribution >= 0.6 is 23.5 Å². The highest BCUT2D eigenvalue weighted by Crippen LogP contribution is 2.24. The third-order valence-electron chi connectivity index (χ3n) is 1.60. The first-order chi connectivity index (χ1) is 5.22. The van der Waals surface area contributed by atoms with E-state index in [0.29, 0.717) is 5.25 Å². The Morgan fingerprint density at radius 1 is 1.45 bits per heavy atom. The predicted molar refractivity (Wildman–Crippen MR) is 55.0 cm³/mol. The highest BCUT2D eigenvalue weighted by Gasteiger charge is 2.19. The number of thioether (sulfide) groups is 2. The van der Waals surface area contributed by atoms with Crippen molar-refractivity contribution < 1.29 is 0 Å². The Bertz CT molecular complexity index is 141. The van der Waals surface area contributed by atoms with Crippen LogP contribution < -0.4 is 0 Å². The summed E-state index contributed by atoms with van der Waals surface area (Å²) in [7, 11) is 3.89. The van der Waals surface area contributed by atoms with E-state index in [1.54, 1.807) is 0 Å². The molecule has 0 saturated carbocycles. The fourth-order valence-corrected chi connectivity index (χ4v) is 3.66. The molecule has 1 aliphatic heterocycles. The Hall–Kier alpha value is 0.170. The number of hydrogen-bond acceptors (Lipinski definition) is 3. The molecular weight excluding hydrogens is 176 g/mol. The van der Waals surface area contributed by atoms with E-state index in [-0.39, 0.29) is 0 Å². The Morgan fingerprint density at radius 3 is 2.64 bits per heavy atom. The molecule has 1 saturated heterocycles. The van der Waals surface area contributed by atoms with Gasteiger partial charge in [-0.05, 0) is 0 Å². The zero-order valence-electron chi connectivity index (χ0n) is 6.96. The van der Waals surface area contributed by atoms with Crippen LogP contribution in [0, 0.1) is 5.41 Å². The SMILES string of the molecule is CN(C)C(=N)C1CSCCS1. The van der Waals surface area contributed by atoms with Gasteiger partial charge in [0.1, 0.15) is 5.84 Å². The Morgan fingerprint density at radius 2 is 2.18 bits per heavy atom. The van der Waals surface area contributed by atoms with Gasteiger partial charge >= 0.3 is 0 Å². The molecule has 0 aromatic heterocycles. The Kier molecular flexibility index (Phi) is 3.59. The number of rotatable bonds is 1. The average molecular weight is 190 g/mol. The van der Waals surface area contributed by atoms with Crippen LogP contribution in [0.4, 0.5) is 0 Å². The summed E-state index contributed by atoms with van der Waals surface area (Å²) < 4.78 is 0. The normalized spacial score (nSPS) is 24.7. The van der Waals surface area contributed by atoms with Crippen LogP contribution in [0.15, 0.2) is 0 Å². The molecule has 11 heavy (non-hydrogen) atoms.